The summed E-state index contributed by atoms with van der Waals surface area (Å²) in [5, 5.41) is 7.42. The van der Waals surface area contributed by atoms with E-state index in [0.29, 0.717) is 17.9 Å². The standard InChI is InChI=1S/C14H18FN3S/c1-9(2)13-14(19-18-17-13)12(16-3)8-10-6-4-5-7-11(10)15/h4-7,9,12,16H,8H2,1-3H3. The number of aromatic nitrogens is 2. The number of hydrogen-bond donors (Lipinski definition) is 1. The quantitative estimate of drug-likeness (QED) is 0.912. The van der Waals surface area contributed by atoms with Gasteiger partial charge in [0.25, 0.3) is 0 Å². The van der Waals surface area contributed by atoms with Crippen molar-refractivity contribution >= 4 is 11.5 Å². The second-order valence-electron chi connectivity index (χ2n) is 4.81. The molecule has 1 aromatic carbocycles. The maximum Gasteiger partial charge on any atom is 0.126 e. The van der Waals surface area contributed by atoms with E-state index < -0.39 is 0 Å². The Labute approximate surface area is 117 Å². The molecule has 5 heteroatoms. The van der Waals surface area contributed by atoms with Crippen molar-refractivity contribution in [2.45, 2.75) is 32.2 Å². The van der Waals surface area contributed by atoms with E-state index in [1.54, 1.807) is 6.07 Å². The van der Waals surface area contributed by atoms with Crippen LogP contribution in [-0.2, 0) is 6.42 Å². The summed E-state index contributed by atoms with van der Waals surface area (Å²) in [6.45, 7) is 4.19. The first-order valence-corrected chi connectivity index (χ1v) is 7.13. The largest absolute Gasteiger partial charge is 0.312 e. The molecule has 0 bridgehead atoms. The van der Waals surface area contributed by atoms with Crippen molar-refractivity contribution in [2.24, 2.45) is 0 Å². The third kappa shape index (κ3) is 3.16. The summed E-state index contributed by atoms with van der Waals surface area (Å²) in [5.74, 6) is 0.163. The van der Waals surface area contributed by atoms with Crippen LogP contribution in [0.5, 0.6) is 0 Å². The molecule has 19 heavy (non-hydrogen) atoms. The summed E-state index contributed by atoms with van der Waals surface area (Å²) < 4.78 is 17.8. The Kier molecular flexibility index (Phi) is 4.61. The molecule has 0 aliphatic heterocycles. The third-order valence-corrected chi connectivity index (χ3v) is 3.99. The molecule has 0 saturated carbocycles. The minimum absolute atomic E-state index is 0.0503. The number of rotatable bonds is 5. The number of hydrogen-bond acceptors (Lipinski definition) is 4. The van der Waals surface area contributed by atoms with Gasteiger partial charge in [-0.1, -0.05) is 36.5 Å². The van der Waals surface area contributed by atoms with E-state index in [1.807, 2.05) is 19.2 Å². The molecule has 0 aliphatic rings. The predicted octanol–water partition coefficient (Wildman–Crippen LogP) is 3.30. The minimum atomic E-state index is -0.161. The number of nitrogens with zero attached hydrogens (tertiary/aromatic N) is 2. The van der Waals surface area contributed by atoms with E-state index in [4.69, 9.17) is 0 Å². The first kappa shape index (κ1) is 14.1. The predicted molar refractivity (Wildman–Crippen MR) is 75.9 cm³/mol. The molecule has 102 valence electrons. The number of likely N-dealkylation sites (N-methyl/N-ethyl adjacent to an activating group) is 1. The van der Waals surface area contributed by atoms with E-state index in [0.717, 1.165) is 10.6 Å². The minimum Gasteiger partial charge on any atom is -0.312 e. The summed E-state index contributed by atoms with van der Waals surface area (Å²) in [7, 11) is 1.88. The number of halogens is 1. The lowest BCUT2D eigenvalue weighted by atomic mass is 10.00. The molecule has 1 unspecified atom stereocenters. The maximum atomic E-state index is 13.7. The van der Waals surface area contributed by atoms with Gasteiger partial charge in [0.05, 0.1) is 10.6 Å². The monoisotopic (exact) mass is 279 g/mol. The molecule has 1 aromatic heterocycles. The SMILES string of the molecule is CNC(Cc1ccccc1F)c1snnc1C(C)C. The Balaban J connectivity index is 2.26. The summed E-state index contributed by atoms with van der Waals surface area (Å²) in [6, 6.07) is 6.94. The first-order chi connectivity index (χ1) is 9.13. The molecule has 0 spiro atoms. The molecule has 1 heterocycles. The zero-order valence-electron chi connectivity index (χ0n) is 11.4. The highest BCUT2D eigenvalue weighted by molar-refractivity contribution is 7.05. The summed E-state index contributed by atoms with van der Waals surface area (Å²) in [4.78, 5) is 1.10. The average molecular weight is 279 g/mol. The highest BCUT2D eigenvalue weighted by Crippen LogP contribution is 2.28. The smallest absolute Gasteiger partial charge is 0.126 e. The summed E-state index contributed by atoms with van der Waals surface area (Å²) in [5.41, 5.74) is 1.71. The molecule has 1 atom stereocenters. The van der Waals surface area contributed by atoms with Gasteiger partial charge in [-0.2, -0.15) is 0 Å². The van der Waals surface area contributed by atoms with Crippen molar-refractivity contribution < 1.29 is 4.39 Å². The van der Waals surface area contributed by atoms with E-state index in [2.05, 4.69) is 28.8 Å². The van der Waals surface area contributed by atoms with Crippen LogP contribution in [0.1, 0.15) is 41.9 Å². The molecule has 0 fully saturated rings. The number of nitrogens with one attached hydrogen (secondary N) is 1. The van der Waals surface area contributed by atoms with E-state index in [1.165, 1.54) is 17.6 Å². The zero-order chi connectivity index (χ0) is 13.8. The van der Waals surface area contributed by atoms with Gasteiger partial charge < -0.3 is 5.32 Å². The second kappa shape index (κ2) is 6.21. The molecule has 1 N–H and O–H groups in total. The fourth-order valence-corrected chi connectivity index (χ4v) is 2.97. The van der Waals surface area contributed by atoms with Gasteiger partial charge in [0.15, 0.2) is 0 Å². The lowest BCUT2D eigenvalue weighted by Crippen LogP contribution is -2.20. The fraction of sp³-hybridized carbons (Fsp3) is 0.429. The highest BCUT2D eigenvalue weighted by Gasteiger charge is 2.21. The molecule has 0 saturated heterocycles. The lowest BCUT2D eigenvalue weighted by molar-refractivity contribution is 0.554. The molecule has 2 aromatic rings. The normalized spacial score (nSPS) is 12.9. The van der Waals surface area contributed by atoms with Crippen molar-refractivity contribution in [1.29, 1.82) is 0 Å². The maximum absolute atomic E-state index is 13.7. The third-order valence-electron chi connectivity index (χ3n) is 3.13. The van der Waals surface area contributed by atoms with Crippen LogP contribution in [0.15, 0.2) is 24.3 Å². The van der Waals surface area contributed by atoms with Crippen LogP contribution in [0, 0.1) is 5.82 Å². The number of benzene rings is 1. The van der Waals surface area contributed by atoms with Crippen LogP contribution in [0.25, 0.3) is 0 Å². The summed E-state index contributed by atoms with van der Waals surface area (Å²) in [6.07, 6.45) is 0.604. The lowest BCUT2D eigenvalue weighted by Gasteiger charge is -2.16. The van der Waals surface area contributed by atoms with Crippen molar-refractivity contribution in [3.63, 3.8) is 0 Å². The Hall–Kier alpha value is -1.33. The van der Waals surface area contributed by atoms with Crippen LogP contribution < -0.4 is 5.32 Å². The first-order valence-electron chi connectivity index (χ1n) is 6.36. The van der Waals surface area contributed by atoms with E-state index in [-0.39, 0.29) is 11.9 Å². The Morgan fingerprint density at radius 2 is 2.05 bits per heavy atom. The Bertz CT molecular complexity index is 539. The average Bonchev–Trinajstić information content (AvgIpc) is 2.87. The van der Waals surface area contributed by atoms with Gasteiger partial charge in [0.1, 0.15) is 5.82 Å². The highest BCUT2D eigenvalue weighted by atomic mass is 32.1. The molecular weight excluding hydrogens is 261 g/mol. The van der Waals surface area contributed by atoms with Gasteiger partial charge in [-0.25, -0.2) is 4.39 Å². The van der Waals surface area contributed by atoms with Gasteiger partial charge in [-0.3, -0.25) is 0 Å². The van der Waals surface area contributed by atoms with Gasteiger partial charge in [-0.15, -0.1) is 5.10 Å². The van der Waals surface area contributed by atoms with Crippen LogP contribution in [0.4, 0.5) is 4.39 Å². The van der Waals surface area contributed by atoms with Gasteiger partial charge >= 0.3 is 0 Å². The van der Waals surface area contributed by atoms with Crippen LogP contribution >= 0.6 is 11.5 Å². The molecule has 3 nitrogen and oxygen atoms in total. The van der Waals surface area contributed by atoms with E-state index in [9.17, 15) is 4.39 Å². The van der Waals surface area contributed by atoms with Gasteiger partial charge in [0, 0.05) is 6.04 Å². The second-order valence-corrected chi connectivity index (χ2v) is 5.60. The van der Waals surface area contributed by atoms with E-state index >= 15 is 0 Å². The molecule has 2 rings (SSSR count). The Morgan fingerprint density at radius 3 is 2.68 bits per heavy atom. The van der Waals surface area contributed by atoms with Crippen molar-refractivity contribution in [3.05, 3.63) is 46.2 Å². The van der Waals surface area contributed by atoms with Gasteiger partial charge in [-0.05, 0) is 42.5 Å². The van der Waals surface area contributed by atoms with Crippen molar-refractivity contribution in [3.8, 4) is 0 Å². The fourth-order valence-electron chi connectivity index (χ4n) is 2.06. The van der Waals surface area contributed by atoms with Crippen LogP contribution in [0.2, 0.25) is 0 Å². The topological polar surface area (TPSA) is 37.8 Å². The van der Waals surface area contributed by atoms with Crippen molar-refractivity contribution in [1.82, 2.24) is 14.9 Å². The van der Waals surface area contributed by atoms with Crippen molar-refractivity contribution in [2.75, 3.05) is 7.05 Å². The Morgan fingerprint density at radius 1 is 1.32 bits per heavy atom. The van der Waals surface area contributed by atoms with Gasteiger partial charge in [0.2, 0.25) is 0 Å². The molecule has 0 aliphatic carbocycles. The zero-order valence-corrected chi connectivity index (χ0v) is 12.2. The molecule has 0 amide bonds. The molecular formula is C14H18FN3S. The summed E-state index contributed by atoms with van der Waals surface area (Å²) >= 11 is 1.39. The van der Waals surface area contributed by atoms with Crippen LogP contribution in [0.3, 0.4) is 0 Å². The van der Waals surface area contributed by atoms with Crippen LogP contribution in [-0.4, -0.2) is 16.6 Å². The molecule has 0 radical (unpaired) electrons.